The molecule has 0 spiro atoms. The third-order valence-corrected chi connectivity index (χ3v) is 5.63. The molecule has 154 valence electrons. The zero-order valence-electron chi connectivity index (χ0n) is 16.1. The van der Waals surface area contributed by atoms with Crippen molar-refractivity contribution in [3.63, 3.8) is 0 Å². The SMILES string of the molecule is O=C(CN1C(=O)c2ccccc2C1=O)NC1CCN(C(=O)c2cccc(Cl)c2)CC1. The lowest BCUT2D eigenvalue weighted by atomic mass is 10.0. The Bertz CT molecular complexity index is 996. The van der Waals surface area contributed by atoms with Crippen molar-refractivity contribution in [1.29, 1.82) is 0 Å². The lowest BCUT2D eigenvalue weighted by Crippen LogP contribution is -2.49. The van der Waals surface area contributed by atoms with E-state index < -0.39 is 11.8 Å². The number of piperidine rings is 1. The summed E-state index contributed by atoms with van der Waals surface area (Å²) < 4.78 is 0. The summed E-state index contributed by atoms with van der Waals surface area (Å²) in [6.07, 6.45) is 1.19. The van der Waals surface area contributed by atoms with Gasteiger partial charge in [0.1, 0.15) is 6.54 Å². The molecule has 7 nitrogen and oxygen atoms in total. The third kappa shape index (κ3) is 3.93. The molecule has 0 saturated carbocycles. The molecule has 2 aliphatic rings. The summed E-state index contributed by atoms with van der Waals surface area (Å²) in [4.78, 5) is 52.5. The second-order valence-corrected chi connectivity index (χ2v) is 7.82. The third-order valence-electron chi connectivity index (χ3n) is 5.40. The standard InChI is InChI=1S/C22H20ClN3O4/c23-15-5-3-4-14(12-15)20(28)25-10-8-16(9-11-25)24-19(27)13-26-21(29)17-6-1-2-7-18(17)22(26)30/h1-7,12,16H,8-11,13H2,(H,24,27). The number of halogens is 1. The highest BCUT2D eigenvalue weighted by atomic mass is 35.5. The fourth-order valence-electron chi connectivity index (χ4n) is 3.83. The number of imide groups is 1. The van der Waals surface area contributed by atoms with Crippen molar-refractivity contribution in [3.8, 4) is 0 Å². The number of likely N-dealkylation sites (tertiary alicyclic amines) is 1. The van der Waals surface area contributed by atoms with Gasteiger partial charge in [-0.25, -0.2) is 0 Å². The summed E-state index contributed by atoms with van der Waals surface area (Å²) in [5, 5.41) is 3.39. The minimum atomic E-state index is -0.451. The topological polar surface area (TPSA) is 86.8 Å². The number of nitrogens with one attached hydrogen (secondary N) is 1. The molecule has 4 amide bonds. The molecule has 2 aromatic carbocycles. The Morgan fingerprint density at radius 3 is 2.20 bits per heavy atom. The summed E-state index contributed by atoms with van der Waals surface area (Å²) >= 11 is 5.96. The van der Waals surface area contributed by atoms with Crippen molar-refractivity contribution in [3.05, 3.63) is 70.2 Å². The summed E-state index contributed by atoms with van der Waals surface area (Å²) in [6, 6.07) is 13.2. The van der Waals surface area contributed by atoms with Crippen LogP contribution in [-0.2, 0) is 4.79 Å². The van der Waals surface area contributed by atoms with Gasteiger partial charge in [-0.3, -0.25) is 24.1 Å². The van der Waals surface area contributed by atoms with Gasteiger partial charge in [0.05, 0.1) is 11.1 Å². The van der Waals surface area contributed by atoms with Gasteiger partial charge in [0.2, 0.25) is 5.91 Å². The predicted octanol–water partition coefficient (Wildman–Crippen LogP) is 2.36. The summed E-state index contributed by atoms with van der Waals surface area (Å²) in [6.45, 7) is 0.695. The number of hydrogen-bond acceptors (Lipinski definition) is 4. The smallest absolute Gasteiger partial charge is 0.262 e. The van der Waals surface area contributed by atoms with Gasteiger partial charge < -0.3 is 10.2 Å². The summed E-state index contributed by atoms with van der Waals surface area (Å²) in [5.74, 6) is -1.38. The highest BCUT2D eigenvalue weighted by molar-refractivity contribution is 6.31. The highest BCUT2D eigenvalue weighted by Gasteiger charge is 2.36. The Morgan fingerprint density at radius 1 is 0.967 bits per heavy atom. The number of carbonyl (C=O) groups is 4. The quantitative estimate of drug-likeness (QED) is 0.762. The molecule has 0 unspecified atom stereocenters. The average molecular weight is 426 g/mol. The van der Waals surface area contributed by atoms with Crippen molar-refractivity contribution in [2.75, 3.05) is 19.6 Å². The molecule has 2 heterocycles. The van der Waals surface area contributed by atoms with Crippen molar-refractivity contribution >= 4 is 35.2 Å². The molecule has 0 radical (unpaired) electrons. The van der Waals surface area contributed by atoms with E-state index in [2.05, 4.69) is 5.32 Å². The average Bonchev–Trinajstić information content (AvgIpc) is 2.99. The molecule has 30 heavy (non-hydrogen) atoms. The zero-order chi connectivity index (χ0) is 21.3. The second kappa shape index (κ2) is 8.28. The molecule has 0 atom stereocenters. The maximum atomic E-state index is 12.6. The van der Waals surface area contributed by atoms with Crippen LogP contribution in [0.3, 0.4) is 0 Å². The zero-order valence-corrected chi connectivity index (χ0v) is 16.9. The number of carbonyl (C=O) groups excluding carboxylic acids is 4. The number of benzene rings is 2. The Hall–Kier alpha value is -3.19. The van der Waals surface area contributed by atoms with Gasteiger partial charge >= 0.3 is 0 Å². The first-order valence-corrected chi connectivity index (χ1v) is 10.1. The Morgan fingerprint density at radius 2 is 1.60 bits per heavy atom. The lowest BCUT2D eigenvalue weighted by Gasteiger charge is -2.32. The molecule has 1 saturated heterocycles. The van der Waals surface area contributed by atoms with E-state index in [4.69, 9.17) is 11.6 Å². The predicted molar refractivity (Wildman–Crippen MR) is 110 cm³/mol. The first-order valence-electron chi connectivity index (χ1n) is 9.73. The van der Waals surface area contributed by atoms with E-state index in [9.17, 15) is 19.2 Å². The van der Waals surface area contributed by atoms with Crippen molar-refractivity contribution < 1.29 is 19.2 Å². The molecule has 1 fully saturated rings. The lowest BCUT2D eigenvalue weighted by molar-refractivity contribution is -0.122. The number of amides is 4. The fourth-order valence-corrected chi connectivity index (χ4v) is 4.02. The number of rotatable bonds is 4. The van der Waals surface area contributed by atoms with E-state index in [1.807, 2.05) is 0 Å². The van der Waals surface area contributed by atoms with E-state index in [-0.39, 0.29) is 24.4 Å². The monoisotopic (exact) mass is 425 g/mol. The Labute approximate surface area is 178 Å². The molecule has 0 aliphatic carbocycles. The summed E-state index contributed by atoms with van der Waals surface area (Å²) in [7, 11) is 0. The van der Waals surface area contributed by atoms with Gasteiger partial charge in [-0.1, -0.05) is 29.8 Å². The number of hydrogen-bond donors (Lipinski definition) is 1. The molecule has 4 rings (SSSR count). The minimum absolute atomic E-state index is 0.0895. The van der Waals surface area contributed by atoms with E-state index in [0.29, 0.717) is 47.6 Å². The van der Waals surface area contributed by atoms with Crippen LogP contribution in [-0.4, -0.2) is 59.1 Å². The highest BCUT2D eigenvalue weighted by Crippen LogP contribution is 2.22. The molecule has 8 heteroatoms. The van der Waals surface area contributed by atoms with Crippen LogP contribution in [0.1, 0.15) is 43.9 Å². The van der Waals surface area contributed by atoms with Crippen LogP contribution in [0.25, 0.3) is 0 Å². The first-order chi connectivity index (χ1) is 14.4. The maximum Gasteiger partial charge on any atom is 0.262 e. The van der Waals surface area contributed by atoms with Crippen LogP contribution in [0.2, 0.25) is 5.02 Å². The molecular weight excluding hydrogens is 406 g/mol. The van der Waals surface area contributed by atoms with Crippen LogP contribution >= 0.6 is 11.6 Å². The van der Waals surface area contributed by atoms with E-state index >= 15 is 0 Å². The van der Waals surface area contributed by atoms with Crippen LogP contribution in [0.4, 0.5) is 0 Å². The Kier molecular flexibility index (Phi) is 5.55. The second-order valence-electron chi connectivity index (χ2n) is 7.39. The van der Waals surface area contributed by atoms with E-state index in [1.165, 1.54) is 0 Å². The van der Waals surface area contributed by atoms with Crippen molar-refractivity contribution in [2.45, 2.75) is 18.9 Å². The number of fused-ring (bicyclic) bond motifs is 1. The maximum absolute atomic E-state index is 12.6. The van der Waals surface area contributed by atoms with E-state index in [0.717, 1.165) is 4.90 Å². The summed E-state index contributed by atoms with van der Waals surface area (Å²) in [5.41, 5.74) is 1.18. The van der Waals surface area contributed by atoms with Crippen LogP contribution in [0, 0.1) is 0 Å². The van der Waals surface area contributed by atoms with Gasteiger partial charge in [-0.15, -0.1) is 0 Å². The van der Waals surface area contributed by atoms with Crippen LogP contribution in [0.5, 0.6) is 0 Å². The van der Waals surface area contributed by atoms with Crippen molar-refractivity contribution in [1.82, 2.24) is 15.1 Å². The van der Waals surface area contributed by atoms with Gasteiger partial charge in [0, 0.05) is 29.7 Å². The van der Waals surface area contributed by atoms with Crippen LogP contribution in [0.15, 0.2) is 48.5 Å². The molecular formula is C22H20ClN3O4. The molecule has 2 aliphatic heterocycles. The molecule has 2 aromatic rings. The van der Waals surface area contributed by atoms with Crippen LogP contribution < -0.4 is 5.32 Å². The van der Waals surface area contributed by atoms with Gasteiger partial charge in [-0.2, -0.15) is 0 Å². The van der Waals surface area contributed by atoms with Gasteiger partial charge in [0.15, 0.2) is 0 Å². The normalized spacial score (nSPS) is 16.6. The molecule has 1 N–H and O–H groups in total. The van der Waals surface area contributed by atoms with E-state index in [1.54, 1.807) is 53.4 Å². The van der Waals surface area contributed by atoms with Gasteiger partial charge in [0.25, 0.3) is 17.7 Å². The molecule has 0 aromatic heterocycles. The first kappa shape index (κ1) is 20.1. The Balaban J connectivity index is 1.29. The van der Waals surface area contributed by atoms with Gasteiger partial charge in [-0.05, 0) is 43.2 Å². The molecule has 0 bridgehead atoms. The van der Waals surface area contributed by atoms with Crippen molar-refractivity contribution in [2.24, 2.45) is 0 Å². The number of nitrogens with zero attached hydrogens (tertiary/aromatic N) is 2. The minimum Gasteiger partial charge on any atom is -0.352 e. The largest absolute Gasteiger partial charge is 0.352 e. The fraction of sp³-hybridized carbons (Fsp3) is 0.273.